The molecule has 1 aromatic carbocycles. The highest BCUT2D eigenvalue weighted by molar-refractivity contribution is 9.10. The summed E-state index contributed by atoms with van der Waals surface area (Å²) in [4.78, 5) is 18.7. The van der Waals surface area contributed by atoms with Crippen LogP contribution < -0.4 is 4.74 Å². The van der Waals surface area contributed by atoms with E-state index in [9.17, 15) is 4.79 Å². The molecule has 2 rings (SSSR count). The van der Waals surface area contributed by atoms with Gasteiger partial charge in [-0.15, -0.1) is 0 Å². The van der Waals surface area contributed by atoms with Gasteiger partial charge in [-0.1, -0.05) is 5.11 Å². The summed E-state index contributed by atoms with van der Waals surface area (Å²) in [6.45, 7) is 0.370. The lowest BCUT2D eigenvalue weighted by Gasteiger charge is -2.20. The second-order valence-corrected chi connectivity index (χ2v) is 4.83. The third kappa shape index (κ3) is 3.09. The average molecular weight is 339 g/mol. The normalized spacial score (nSPS) is 17.8. The van der Waals surface area contributed by atoms with E-state index < -0.39 is 12.1 Å². The summed E-state index contributed by atoms with van der Waals surface area (Å²) < 4.78 is 11.0. The molecular formula is C12H11BrN4O3. The van der Waals surface area contributed by atoms with Gasteiger partial charge in [-0.3, -0.25) is 4.99 Å². The van der Waals surface area contributed by atoms with Crippen LogP contribution in [0.2, 0.25) is 0 Å². The van der Waals surface area contributed by atoms with Crippen molar-refractivity contribution in [2.45, 2.75) is 6.10 Å². The lowest BCUT2D eigenvalue weighted by atomic mass is 10.1. The molecule has 104 valence electrons. The van der Waals surface area contributed by atoms with Gasteiger partial charge in [-0.25, -0.2) is 4.79 Å². The number of carbonyl (C=O) groups is 1. The van der Waals surface area contributed by atoms with Gasteiger partial charge >= 0.3 is 5.97 Å². The highest BCUT2D eigenvalue weighted by Crippen LogP contribution is 2.26. The van der Waals surface area contributed by atoms with E-state index in [1.807, 2.05) is 0 Å². The van der Waals surface area contributed by atoms with E-state index in [0.717, 1.165) is 4.47 Å². The molecule has 1 atom stereocenters. The first kappa shape index (κ1) is 14.4. The minimum atomic E-state index is -0.522. The van der Waals surface area contributed by atoms with Crippen molar-refractivity contribution in [3.05, 3.63) is 38.7 Å². The van der Waals surface area contributed by atoms with Crippen molar-refractivity contribution in [3.8, 4) is 5.75 Å². The summed E-state index contributed by atoms with van der Waals surface area (Å²) in [5, 5.41) is 3.37. The Hall–Kier alpha value is -2.05. The quantitative estimate of drug-likeness (QED) is 0.365. The fourth-order valence-electron chi connectivity index (χ4n) is 1.75. The van der Waals surface area contributed by atoms with Crippen LogP contribution in [0.15, 0.2) is 32.8 Å². The number of rotatable bonds is 4. The van der Waals surface area contributed by atoms with Gasteiger partial charge in [0.05, 0.1) is 24.7 Å². The Morgan fingerprint density at radius 2 is 2.45 bits per heavy atom. The maximum atomic E-state index is 11.9. The standard InChI is InChI=1S/C12H11BrN4O3/c1-19-10-3-2-7(4-9(10)13)11-12(18)20-8(5-15-11)6-16-17-14/h2-4,8H,5-6H2,1H3/t8-/m0/s1. The monoisotopic (exact) mass is 338 g/mol. The first-order valence-corrected chi connectivity index (χ1v) is 6.55. The molecule has 0 saturated carbocycles. The number of nitrogens with zero attached hydrogens (tertiary/aromatic N) is 4. The van der Waals surface area contributed by atoms with E-state index >= 15 is 0 Å². The first-order valence-electron chi connectivity index (χ1n) is 5.76. The predicted molar refractivity (Wildman–Crippen MR) is 76.0 cm³/mol. The van der Waals surface area contributed by atoms with E-state index in [1.165, 1.54) is 0 Å². The van der Waals surface area contributed by atoms with Crippen molar-refractivity contribution in [1.82, 2.24) is 0 Å². The largest absolute Gasteiger partial charge is 0.496 e. The SMILES string of the molecule is COc1ccc(C2=NC[C@@H](CN=[N+]=[N-])OC2=O)cc1Br. The minimum absolute atomic E-state index is 0.0886. The van der Waals surface area contributed by atoms with Gasteiger partial charge in [0.1, 0.15) is 11.9 Å². The second kappa shape index (κ2) is 6.40. The number of ether oxygens (including phenoxy) is 2. The van der Waals surface area contributed by atoms with Gasteiger partial charge in [0.25, 0.3) is 0 Å². The van der Waals surface area contributed by atoms with Gasteiger partial charge in [-0.05, 0) is 39.7 Å². The Kier molecular flexibility index (Phi) is 4.60. The molecule has 0 N–H and O–H groups in total. The topological polar surface area (TPSA) is 96.7 Å². The number of halogens is 1. The van der Waals surface area contributed by atoms with Crippen LogP contribution in [0.1, 0.15) is 5.56 Å². The summed E-state index contributed by atoms with van der Waals surface area (Å²) in [7, 11) is 1.56. The van der Waals surface area contributed by atoms with E-state index in [-0.39, 0.29) is 18.8 Å². The summed E-state index contributed by atoms with van der Waals surface area (Å²) in [6.07, 6.45) is -0.496. The zero-order chi connectivity index (χ0) is 14.5. The van der Waals surface area contributed by atoms with Crippen molar-refractivity contribution in [2.24, 2.45) is 10.1 Å². The fraction of sp³-hybridized carbons (Fsp3) is 0.333. The predicted octanol–water partition coefficient (Wildman–Crippen LogP) is 2.48. The van der Waals surface area contributed by atoms with Gasteiger partial charge < -0.3 is 9.47 Å². The van der Waals surface area contributed by atoms with Gasteiger partial charge in [0, 0.05) is 10.5 Å². The van der Waals surface area contributed by atoms with Crippen LogP contribution in [0.5, 0.6) is 5.75 Å². The molecule has 0 aromatic heterocycles. The Labute approximate surface area is 123 Å². The number of esters is 1. The lowest BCUT2D eigenvalue weighted by molar-refractivity contribution is -0.140. The number of cyclic esters (lactones) is 1. The van der Waals surface area contributed by atoms with Gasteiger partial charge in [-0.2, -0.15) is 0 Å². The van der Waals surface area contributed by atoms with E-state index in [0.29, 0.717) is 11.3 Å². The Morgan fingerprint density at radius 1 is 1.65 bits per heavy atom. The number of azide groups is 1. The maximum Gasteiger partial charge on any atom is 0.357 e. The first-order chi connectivity index (χ1) is 9.65. The molecule has 0 saturated heterocycles. The molecule has 0 bridgehead atoms. The van der Waals surface area contributed by atoms with Crippen LogP contribution >= 0.6 is 15.9 Å². The molecule has 0 fully saturated rings. The van der Waals surface area contributed by atoms with Crippen LogP contribution in [0.25, 0.3) is 10.4 Å². The molecule has 0 spiro atoms. The molecule has 1 heterocycles. The molecule has 0 radical (unpaired) electrons. The van der Waals surface area contributed by atoms with Crippen LogP contribution in [0.4, 0.5) is 0 Å². The van der Waals surface area contributed by atoms with Gasteiger partial charge in [0.15, 0.2) is 5.71 Å². The molecule has 0 aliphatic carbocycles. The van der Waals surface area contributed by atoms with Crippen molar-refractivity contribution in [1.29, 1.82) is 0 Å². The number of aliphatic imine (C=N–C) groups is 1. The Morgan fingerprint density at radius 3 is 3.05 bits per heavy atom. The minimum Gasteiger partial charge on any atom is -0.496 e. The van der Waals surface area contributed by atoms with Gasteiger partial charge in [0.2, 0.25) is 0 Å². The van der Waals surface area contributed by atoms with Crippen LogP contribution in [0, 0.1) is 0 Å². The maximum absolute atomic E-state index is 11.9. The number of benzene rings is 1. The van der Waals surface area contributed by atoms with Crippen molar-refractivity contribution in [2.75, 3.05) is 20.2 Å². The van der Waals surface area contributed by atoms with Crippen molar-refractivity contribution in [3.63, 3.8) is 0 Å². The van der Waals surface area contributed by atoms with Crippen LogP contribution in [-0.4, -0.2) is 38.0 Å². The Balaban J connectivity index is 2.21. The molecule has 7 nitrogen and oxygen atoms in total. The lowest BCUT2D eigenvalue weighted by Crippen LogP contribution is -2.34. The molecule has 0 unspecified atom stereocenters. The third-order valence-electron chi connectivity index (χ3n) is 2.69. The molecule has 0 amide bonds. The molecule has 8 heteroatoms. The Bertz CT molecular complexity index is 611. The summed E-state index contributed by atoms with van der Waals surface area (Å²) in [6, 6.07) is 5.21. The number of carbonyl (C=O) groups excluding carboxylic acids is 1. The van der Waals surface area contributed by atoms with Crippen molar-refractivity contribution >= 4 is 27.6 Å². The van der Waals surface area contributed by atoms with E-state index in [2.05, 4.69) is 30.9 Å². The number of methoxy groups -OCH3 is 1. The number of hydrogen-bond donors (Lipinski definition) is 0. The van der Waals surface area contributed by atoms with Crippen LogP contribution in [0.3, 0.4) is 0 Å². The van der Waals surface area contributed by atoms with E-state index in [4.69, 9.17) is 15.0 Å². The van der Waals surface area contributed by atoms with E-state index in [1.54, 1.807) is 25.3 Å². The number of hydrogen-bond acceptors (Lipinski definition) is 5. The highest BCUT2D eigenvalue weighted by atomic mass is 79.9. The fourth-order valence-corrected chi connectivity index (χ4v) is 2.29. The third-order valence-corrected chi connectivity index (χ3v) is 3.31. The van der Waals surface area contributed by atoms with Crippen molar-refractivity contribution < 1.29 is 14.3 Å². The summed E-state index contributed by atoms with van der Waals surface area (Å²) >= 11 is 3.35. The molecule has 1 aliphatic heterocycles. The highest BCUT2D eigenvalue weighted by Gasteiger charge is 2.25. The smallest absolute Gasteiger partial charge is 0.357 e. The zero-order valence-electron chi connectivity index (χ0n) is 10.6. The van der Waals surface area contributed by atoms with Crippen LogP contribution in [-0.2, 0) is 9.53 Å². The molecular weight excluding hydrogens is 328 g/mol. The summed E-state index contributed by atoms with van der Waals surface area (Å²) in [5.74, 6) is 0.145. The molecule has 1 aliphatic rings. The average Bonchev–Trinajstić information content (AvgIpc) is 2.45. The summed E-state index contributed by atoms with van der Waals surface area (Å²) in [5.41, 5.74) is 9.14. The zero-order valence-corrected chi connectivity index (χ0v) is 12.2. The molecule has 20 heavy (non-hydrogen) atoms. The molecule has 1 aromatic rings. The second-order valence-electron chi connectivity index (χ2n) is 3.98.